The number of amides is 4. The van der Waals surface area contributed by atoms with Gasteiger partial charge >= 0.3 is 24.0 Å². The number of carboxylic acids is 2. The lowest BCUT2D eigenvalue weighted by Crippen LogP contribution is -2.39. The number of halogens is 1. The fourth-order valence-corrected chi connectivity index (χ4v) is 12.4. The van der Waals surface area contributed by atoms with E-state index in [4.69, 9.17) is 36.5 Å². The van der Waals surface area contributed by atoms with Crippen LogP contribution in [0.1, 0.15) is 68.4 Å². The van der Waals surface area contributed by atoms with Crippen LogP contribution < -0.4 is 40.4 Å². The van der Waals surface area contributed by atoms with E-state index in [1.165, 1.54) is 22.7 Å². The molecule has 12 rings (SSSR count). The van der Waals surface area contributed by atoms with Crippen molar-refractivity contribution in [3.63, 3.8) is 0 Å². The van der Waals surface area contributed by atoms with Crippen molar-refractivity contribution in [3.05, 3.63) is 190 Å². The van der Waals surface area contributed by atoms with Crippen LogP contribution in [0.25, 0.3) is 42.9 Å². The maximum Gasteiger partial charge on any atom is 0.358 e. The Morgan fingerprint density at radius 3 is 1.96 bits per heavy atom. The molecule has 0 bridgehead atoms. The number of nitrogens with zero attached hydrogens (tertiary/aromatic N) is 6. The summed E-state index contributed by atoms with van der Waals surface area (Å²) in [5.74, 6) is -1.84. The third-order valence-electron chi connectivity index (χ3n) is 14.5. The van der Waals surface area contributed by atoms with Crippen LogP contribution in [0.2, 0.25) is 5.02 Å². The van der Waals surface area contributed by atoms with Gasteiger partial charge in [0.1, 0.15) is 19.0 Å². The van der Waals surface area contributed by atoms with E-state index in [-0.39, 0.29) is 60.7 Å². The summed E-state index contributed by atoms with van der Waals surface area (Å²) in [7, 11) is 0. The van der Waals surface area contributed by atoms with Gasteiger partial charge in [-0.2, -0.15) is 0 Å². The lowest BCUT2D eigenvalue weighted by molar-refractivity contribution is 0.0674. The summed E-state index contributed by atoms with van der Waals surface area (Å²) < 4.78 is 19.2. The largest absolute Gasteiger partial charge is 0.491 e. The molecule has 422 valence electrons. The second kappa shape index (κ2) is 24.1. The van der Waals surface area contributed by atoms with Gasteiger partial charge in [0.15, 0.2) is 33.1 Å². The monoisotopic (exact) mass is 1180 g/mol. The highest BCUT2D eigenvalue weighted by Gasteiger charge is 2.32. The van der Waals surface area contributed by atoms with Crippen LogP contribution in [-0.2, 0) is 12.8 Å². The van der Waals surface area contributed by atoms with Gasteiger partial charge in [0.05, 0.1) is 38.4 Å². The fourth-order valence-electron chi connectivity index (χ4n) is 10.5. The third kappa shape index (κ3) is 12.0. The fraction of sp³-hybridized carbons (Fsp3) is 0.175. The molecule has 0 fully saturated rings. The summed E-state index contributed by atoms with van der Waals surface area (Å²) in [6.07, 6.45) is 3.42. The number of benzene rings is 6. The van der Waals surface area contributed by atoms with Crippen LogP contribution in [-0.4, -0.2) is 87.1 Å². The summed E-state index contributed by atoms with van der Waals surface area (Å²) in [6.45, 7) is 1.28. The smallest absolute Gasteiger partial charge is 0.358 e. The molecule has 0 saturated carbocycles. The highest BCUT2D eigenvalue weighted by Crippen LogP contribution is 2.44. The zero-order valence-corrected chi connectivity index (χ0v) is 47.2. The molecule has 6 N–H and O–H groups in total. The van der Waals surface area contributed by atoms with Crippen LogP contribution in [0.4, 0.5) is 36.9 Å². The number of nitrogens with two attached hydrogens (primary N) is 1. The van der Waals surface area contributed by atoms with Crippen LogP contribution in [0.15, 0.2) is 152 Å². The molecule has 0 radical (unpaired) electrons. The molecule has 0 aliphatic carbocycles. The third-order valence-corrected chi connectivity index (χ3v) is 16.7. The summed E-state index contributed by atoms with van der Waals surface area (Å²) in [6, 6.07) is 45.5. The average Bonchev–Trinajstić information content (AvgIpc) is 2.02. The maximum absolute atomic E-state index is 14.4. The summed E-state index contributed by atoms with van der Waals surface area (Å²) in [4.78, 5) is 75.6. The van der Waals surface area contributed by atoms with Crippen molar-refractivity contribution in [2.24, 2.45) is 0 Å². The lowest BCUT2D eigenvalue weighted by Gasteiger charge is -2.35. The molecule has 1 unspecified atom stereocenters. The molecule has 6 heterocycles. The van der Waals surface area contributed by atoms with Crippen LogP contribution >= 0.6 is 34.3 Å². The van der Waals surface area contributed by atoms with Gasteiger partial charge in [0.2, 0.25) is 0 Å². The van der Waals surface area contributed by atoms with E-state index >= 15 is 0 Å². The molecule has 21 heteroatoms. The van der Waals surface area contributed by atoms with Crippen molar-refractivity contribution >= 4 is 106 Å². The Labute approximate surface area is 494 Å². The number of carbonyl (C=O) groups is 4. The highest BCUT2D eigenvalue weighted by molar-refractivity contribution is 7.22. The van der Waals surface area contributed by atoms with Gasteiger partial charge < -0.3 is 30.2 Å². The predicted octanol–water partition coefficient (Wildman–Crippen LogP) is 13.7. The number of hydrogen-bond acceptors (Lipinski definition) is 14. The first-order chi connectivity index (χ1) is 40.9. The van der Waals surface area contributed by atoms with Gasteiger partial charge in [-0.05, 0) is 139 Å². The number of aryl methyl sites for hydroxylation is 2. The number of fused-ring (bicyclic) bond motifs is 4. The maximum atomic E-state index is 14.4. The van der Waals surface area contributed by atoms with Crippen LogP contribution in [0, 0.1) is 0 Å². The molecule has 84 heavy (non-hydrogen) atoms. The number of rotatable bonds is 17. The number of nitrogen functional groups attached to an aromatic ring is 1. The number of aromatic carboxylic acids is 2. The number of aromatic nitrogens is 4. The van der Waals surface area contributed by atoms with Crippen LogP contribution in [0.5, 0.6) is 17.2 Å². The van der Waals surface area contributed by atoms with Gasteiger partial charge in [0, 0.05) is 58.3 Å². The molecule has 18 nitrogen and oxygen atoms in total. The van der Waals surface area contributed by atoms with Gasteiger partial charge in [0.25, 0.3) is 0 Å². The van der Waals surface area contributed by atoms with Crippen LogP contribution in [0.3, 0.4) is 0 Å². The Morgan fingerprint density at radius 1 is 0.619 bits per heavy atom. The van der Waals surface area contributed by atoms with Crippen molar-refractivity contribution in [1.82, 2.24) is 19.9 Å². The number of carbonyl (C=O) groups excluding carboxylic acids is 2. The summed E-state index contributed by atoms with van der Waals surface area (Å²) >= 11 is 8.78. The van der Waals surface area contributed by atoms with E-state index in [1.807, 2.05) is 97.1 Å². The molecule has 0 spiro atoms. The zero-order chi connectivity index (χ0) is 57.8. The number of thiazole rings is 2. The van der Waals surface area contributed by atoms with Crippen molar-refractivity contribution < 1.29 is 43.6 Å². The summed E-state index contributed by atoms with van der Waals surface area (Å²) in [5.41, 5.74) is 14.6. The molecule has 2 aliphatic rings. The standard InChI is InChI=1S/C63H52ClN9O9S2/c64-41-18-12-36(13-19-41)6-5-29-81-52-24-22-47(67-56(52)58(74)75)40-16-20-45-44(26-28-73(51(45)33-40)63(79)70-60-68-48-10-1-2-11-54(48)83-60)38-17-21-49-55(34-38)84-61(69-49)71-62(78)72-27-4-7-37-14-15-39(32-50(37)72)46-23-25-53(57(66-46)59(76)77)82-31-30-80-43-9-3-8-42(65)35-43/h1-3,8-25,32-35,44H,4-7,26-31,65H2,(H,74,75)(H,76,77)(H,68,70,79)(H,69,71,78). The minimum atomic E-state index is -1.25. The van der Waals surface area contributed by atoms with Gasteiger partial charge in [-0.15, -0.1) is 0 Å². The number of urea groups is 2. The van der Waals surface area contributed by atoms with Gasteiger partial charge in [-0.1, -0.05) is 94.9 Å². The first-order valence-corrected chi connectivity index (χ1v) is 29.1. The molecule has 10 aromatic rings. The SMILES string of the molecule is Nc1cccc(OCCOc2ccc(-c3ccc4c(c3)N(C(=O)Nc3nc5ccc(C6CCN(C(=O)Nc7nc8ccccc8s7)c7cc(-c8ccc(OCCCc9ccc(Cl)cc9)c(C(=O)O)n8)ccc76)cc5s3)CCC4)nc2C(=O)O)c1. The number of carboxylic acid groups (broad SMARTS) is 2. The average molecular weight is 1180 g/mol. The van der Waals surface area contributed by atoms with E-state index in [2.05, 4.69) is 31.7 Å². The number of hydrogen-bond donors (Lipinski definition) is 5. The van der Waals surface area contributed by atoms with E-state index in [0.29, 0.717) is 92.1 Å². The minimum Gasteiger partial charge on any atom is -0.491 e. The molecule has 4 aromatic heterocycles. The molecular weight excluding hydrogens is 1130 g/mol. The van der Waals surface area contributed by atoms with E-state index in [1.54, 1.807) is 58.3 Å². The predicted molar refractivity (Wildman–Crippen MR) is 327 cm³/mol. The lowest BCUT2D eigenvalue weighted by atomic mass is 9.83. The first kappa shape index (κ1) is 54.9. The molecular formula is C63H52ClN9O9S2. The van der Waals surface area contributed by atoms with E-state index in [0.717, 1.165) is 56.4 Å². The normalized spacial score (nSPS) is 13.7. The summed E-state index contributed by atoms with van der Waals surface area (Å²) in [5, 5.41) is 28.1. The number of nitrogens with one attached hydrogen (secondary N) is 2. The van der Waals surface area contributed by atoms with Crippen molar-refractivity contribution in [2.75, 3.05) is 59.1 Å². The second-order valence-electron chi connectivity index (χ2n) is 20.0. The van der Waals surface area contributed by atoms with E-state index in [9.17, 15) is 29.4 Å². The van der Waals surface area contributed by atoms with Gasteiger partial charge in [-0.25, -0.2) is 39.1 Å². The Bertz CT molecular complexity index is 4140. The molecule has 0 saturated heterocycles. The highest BCUT2D eigenvalue weighted by atomic mass is 35.5. The Hall–Kier alpha value is -9.63. The van der Waals surface area contributed by atoms with E-state index < -0.39 is 11.9 Å². The molecule has 6 aromatic carbocycles. The second-order valence-corrected chi connectivity index (χ2v) is 22.5. The number of ether oxygens (including phenoxy) is 3. The topological polar surface area (TPSA) is 245 Å². The van der Waals surface area contributed by atoms with Gasteiger partial charge in [-0.3, -0.25) is 20.4 Å². The number of para-hydroxylation sites is 1. The Balaban J connectivity index is 0.772. The first-order valence-electron chi connectivity index (χ1n) is 27.1. The molecule has 1 atom stereocenters. The quantitative estimate of drug-likeness (QED) is 0.0421. The zero-order valence-electron chi connectivity index (χ0n) is 44.8. The molecule has 2 aliphatic heterocycles. The van der Waals surface area contributed by atoms with Crippen molar-refractivity contribution in [2.45, 2.75) is 38.0 Å². The number of anilines is 5. The van der Waals surface area contributed by atoms with Crippen molar-refractivity contribution in [3.8, 4) is 39.8 Å². The molecule has 4 amide bonds. The van der Waals surface area contributed by atoms with Crippen molar-refractivity contribution in [1.29, 1.82) is 0 Å². The minimum absolute atomic E-state index is 0.0694. The Morgan fingerprint density at radius 2 is 1.26 bits per heavy atom. The number of pyridine rings is 2. The Kier molecular flexibility index (Phi) is 15.7.